The van der Waals surface area contributed by atoms with Crippen molar-refractivity contribution >= 4 is 29.1 Å². The lowest BCUT2D eigenvalue weighted by Gasteiger charge is -2.14. The van der Waals surface area contributed by atoms with Crippen LogP contribution in [0.5, 0.6) is 23.0 Å². The van der Waals surface area contributed by atoms with Crippen LogP contribution in [0.1, 0.15) is 35.2 Å². The second-order valence-electron chi connectivity index (χ2n) is 9.34. The first-order chi connectivity index (χ1) is 20.2. The van der Waals surface area contributed by atoms with E-state index in [9.17, 15) is 19.8 Å². The monoisotopic (exact) mass is 590 g/mol. The van der Waals surface area contributed by atoms with Crippen LogP contribution in [0.2, 0.25) is 5.02 Å². The number of phenolic OH excluding ortho intramolecular Hbond substituents is 2. The Balaban J connectivity index is 1.33. The highest BCUT2D eigenvalue weighted by Crippen LogP contribution is 2.34. The number of hydrogen-bond donors (Lipinski definition) is 4. The minimum Gasteiger partial charge on any atom is -0.504 e. The molecule has 0 saturated heterocycles. The number of methoxy groups -OCH3 is 1. The highest BCUT2D eigenvalue weighted by atomic mass is 35.5. The molecule has 0 unspecified atom stereocenters. The fourth-order valence-corrected chi connectivity index (χ4v) is 4.58. The van der Waals surface area contributed by atoms with E-state index in [-0.39, 0.29) is 36.9 Å². The number of carbonyl (C=O) groups excluding carboxylic acids is 2. The number of rotatable bonds is 9. The number of nitrogens with zero attached hydrogens (tertiary/aromatic N) is 4. The summed E-state index contributed by atoms with van der Waals surface area (Å²) in [6.45, 7) is 1.31. The number of fused-ring (bicyclic) bond motifs is 3. The topological polar surface area (TPSA) is 160 Å². The molecule has 216 valence electrons. The van der Waals surface area contributed by atoms with Crippen LogP contribution < -0.4 is 20.1 Å². The van der Waals surface area contributed by atoms with Crippen molar-refractivity contribution in [1.82, 2.24) is 25.4 Å². The summed E-state index contributed by atoms with van der Waals surface area (Å²) >= 11 is 6.14. The number of halogens is 1. The molecule has 12 nitrogen and oxygen atoms in total. The summed E-state index contributed by atoms with van der Waals surface area (Å²) in [5, 5.41) is 33.2. The number of aryl methyl sites for hydroxylation is 1. The van der Waals surface area contributed by atoms with Gasteiger partial charge in [0.25, 0.3) is 0 Å². The van der Waals surface area contributed by atoms with Gasteiger partial charge in [-0.3, -0.25) is 19.1 Å². The van der Waals surface area contributed by atoms with E-state index in [2.05, 4.69) is 20.8 Å². The van der Waals surface area contributed by atoms with E-state index in [0.717, 1.165) is 16.8 Å². The summed E-state index contributed by atoms with van der Waals surface area (Å²) in [6, 6.07) is 16.0. The molecule has 3 aromatic carbocycles. The maximum atomic E-state index is 13.0. The molecule has 42 heavy (non-hydrogen) atoms. The van der Waals surface area contributed by atoms with Crippen molar-refractivity contribution in [3.63, 3.8) is 0 Å². The number of aromatic nitrogens is 3. The Morgan fingerprint density at radius 1 is 0.952 bits per heavy atom. The molecule has 1 aliphatic rings. The summed E-state index contributed by atoms with van der Waals surface area (Å²) in [7, 11) is 1.58. The SMILES string of the molecule is COc1ccc2c(c1)C(c1ccc(Cl)cc1)=N[C@@H](CC(=O)NCC(=O)NCOc1ccc(O)c(O)c1)c1nnc(C)n1-2. The number of aliphatic imine (C=N–C) groups is 1. The van der Waals surface area contributed by atoms with E-state index in [0.29, 0.717) is 28.1 Å². The standard InChI is InChI=1S/C29H27ClN6O6/c1-16-34-35-29-22(13-26(39)31-14-27(40)32-15-42-20-8-10-24(37)25(38)12-20)33-28(17-3-5-18(30)6-4-17)21-11-19(41-2)7-9-23(21)36(16)29/h3-12,22,37-38H,13-15H2,1-2H3,(H,31,39)(H,32,40)/t22-/m0/s1. The minimum absolute atomic E-state index is 0.100. The quantitative estimate of drug-likeness (QED) is 0.171. The lowest BCUT2D eigenvalue weighted by atomic mass is 10.00. The van der Waals surface area contributed by atoms with E-state index in [1.165, 1.54) is 18.2 Å². The predicted octanol–water partition coefficient (Wildman–Crippen LogP) is 3.20. The van der Waals surface area contributed by atoms with Crippen LogP contribution in [0.25, 0.3) is 5.69 Å². The maximum absolute atomic E-state index is 13.0. The number of ether oxygens (including phenoxy) is 2. The molecule has 4 aromatic rings. The first-order valence-corrected chi connectivity index (χ1v) is 13.2. The Hall–Kier alpha value is -5.10. The van der Waals surface area contributed by atoms with Gasteiger partial charge >= 0.3 is 0 Å². The Kier molecular flexibility index (Phi) is 8.25. The molecular weight excluding hydrogens is 564 g/mol. The molecule has 1 aromatic heterocycles. The van der Waals surface area contributed by atoms with Crippen LogP contribution in [0.15, 0.2) is 65.7 Å². The number of nitrogens with one attached hydrogen (secondary N) is 2. The zero-order valence-corrected chi connectivity index (χ0v) is 23.4. The number of hydrogen-bond acceptors (Lipinski definition) is 9. The zero-order chi connectivity index (χ0) is 29.8. The van der Waals surface area contributed by atoms with Gasteiger partial charge in [-0.05, 0) is 49.4 Å². The van der Waals surface area contributed by atoms with Gasteiger partial charge in [0.15, 0.2) is 24.1 Å². The van der Waals surface area contributed by atoms with Crippen molar-refractivity contribution in [2.75, 3.05) is 20.4 Å². The van der Waals surface area contributed by atoms with Crippen molar-refractivity contribution in [3.8, 4) is 28.7 Å². The summed E-state index contributed by atoms with van der Waals surface area (Å²) in [6.07, 6.45) is -0.100. The lowest BCUT2D eigenvalue weighted by molar-refractivity contribution is -0.126. The molecule has 0 bridgehead atoms. The van der Waals surface area contributed by atoms with Gasteiger partial charge in [0.2, 0.25) is 11.8 Å². The van der Waals surface area contributed by atoms with E-state index in [4.69, 9.17) is 26.1 Å². The normalized spacial score (nSPS) is 13.7. The molecule has 2 amide bonds. The van der Waals surface area contributed by atoms with E-state index in [1.807, 2.05) is 41.8 Å². The fraction of sp³-hybridized carbons (Fsp3) is 0.207. The number of aromatic hydroxyl groups is 2. The van der Waals surface area contributed by atoms with Gasteiger partial charge in [-0.2, -0.15) is 0 Å². The van der Waals surface area contributed by atoms with Gasteiger partial charge in [0.05, 0.1) is 31.5 Å². The average Bonchev–Trinajstić information content (AvgIpc) is 3.30. The first-order valence-electron chi connectivity index (χ1n) is 12.9. The van der Waals surface area contributed by atoms with Crippen LogP contribution in [0.4, 0.5) is 0 Å². The van der Waals surface area contributed by atoms with Crippen molar-refractivity contribution < 1.29 is 29.3 Å². The molecule has 0 aliphatic carbocycles. The molecular formula is C29H27ClN6O6. The molecule has 1 atom stereocenters. The van der Waals surface area contributed by atoms with E-state index < -0.39 is 17.9 Å². The Bertz CT molecular complexity index is 1670. The largest absolute Gasteiger partial charge is 0.504 e. The minimum atomic E-state index is -0.719. The second-order valence-corrected chi connectivity index (χ2v) is 9.78. The van der Waals surface area contributed by atoms with E-state index in [1.54, 1.807) is 19.2 Å². The van der Waals surface area contributed by atoms with Crippen LogP contribution in [0, 0.1) is 6.92 Å². The van der Waals surface area contributed by atoms with Gasteiger partial charge < -0.3 is 30.3 Å². The number of benzene rings is 3. The molecule has 2 heterocycles. The zero-order valence-electron chi connectivity index (χ0n) is 22.7. The summed E-state index contributed by atoms with van der Waals surface area (Å²) < 4.78 is 12.7. The second kappa shape index (κ2) is 12.2. The number of carbonyl (C=O) groups is 2. The van der Waals surface area contributed by atoms with Gasteiger partial charge in [0, 0.05) is 22.2 Å². The third-order valence-electron chi connectivity index (χ3n) is 6.53. The third kappa shape index (κ3) is 6.13. The molecule has 0 fully saturated rings. The Morgan fingerprint density at radius 3 is 2.45 bits per heavy atom. The molecule has 5 rings (SSSR count). The highest BCUT2D eigenvalue weighted by Gasteiger charge is 2.30. The smallest absolute Gasteiger partial charge is 0.241 e. The van der Waals surface area contributed by atoms with Crippen molar-refractivity contribution in [2.45, 2.75) is 19.4 Å². The molecule has 1 aliphatic heterocycles. The Morgan fingerprint density at radius 2 is 1.71 bits per heavy atom. The summed E-state index contributed by atoms with van der Waals surface area (Å²) in [4.78, 5) is 30.3. The van der Waals surface area contributed by atoms with Gasteiger partial charge in [-0.25, -0.2) is 0 Å². The van der Waals surface area contributed by atoms with Gasteiger partial charge in [-0.15, -0.1) is 10.2 Å². The lowest BCUT2D eigenvalue weighted by Crippen LogP contribution is -2.38. The molecule has 0 radical (unpaired) electrons. The predicted molar refractivity (Wildman–Crippen MR) is 154 cm³/mol. The molecule has 0 saturated carbocycles. The van der Waals surface area contributed by atoms with Crippen LogP contribution >= 0.6 is 11.6 Å². The summed E-state index contributed by atoms with van der Waals surface area (Å²) in [5.41, 5.74) is 2.96. The van der Waals surface area contributed by atoms with Crippen molar-refractivity contribution in [1.29, 1.82) is 0 Å². The average molecular weight is 591 g/mol. The van der Waals surface area contributed by atoms with Crippen LogP contribution in [-0.2, 0) is 9.59 Å². The molecule has 4 N–H and O–H groups in total. The first kappa shape index (κ1) is 28.4. The Labute approximate surface area is 245 Å². The van der Waals surface area contributed by atoms with Gasteiger partial charge in [-0.1, -0.05) is 23.7 Å². The van der Waals surface area contributed by atoms with E-state index >= 15 is 0 Å². The van der Waals surface area contributed by atoms with Gasteiger partial charge in [0.1, 0.15) is 23.4 Å². The summed E-state index contributed by atoms with van der Waals surface area (Å²) in [5.74, 6) is 0.435. The van der Waals surface area contributed by atoms with Crippen LogP contribution in [0.3, 0.4) is 0 Å². The maximum Gasteiger partial charge on any atom is 0.241 e. The van der Waals surface area contributed by atoms with Crippen LogP contribution in [-0.4, -0.2) is 62.9 Å². The van der Waals surface area contributed by atoms with Crippen molar-refractivity contribution in [2.24, 2.45) is 4.99 Å². The fourth-order valence-electron chi connectivity index (χ4n) is 4.46. The number of amides is 2. The third-order valence-corrected chi connectivity index (χ3v) is 6.78. The van der Waals surface area contributed by atoms with Crippen molar-refractivity contribution in [3.05, 3.63) is 88.5 Å². The number of phenols is 2. The highest BCUT2D eigenvalue weighted by molar-refractivity contribution is 6.30. The molecule has 0 spiro atoms. The molecule has 13 heteroatoms.